The van der Waals surface area contributed by atoms with Gasteiger partial charge in [0.2, 0.25) is 5.95 Å². The van der Waals surface area contributed by atoms with Gasteiger partial charge in [-0.3, -0.25) is 13.9 Å². The van der Waals surface area contributed by atoms with Crippen LogP contribution in [0.3, 0.4) is 0 Å². The Labute approximate surface area is 172 Å². The molecule has 164 valence electrons. The molecule has 2 aromatic rings. The number of ether oxygens (including phenoxy) is 2. The van der Waals surface area contributed by atoms with Gasteiger partial charge in [-0.25, -0.2) is 4.98 Å². The molecule has 5 heterocycles. The summed E-state index contributed by atoms with van der Waals surface area (Å²) in [5, 5.41) is 33.3. The van der Waals surface area contributed by atoms with Gasteiger partial charge in [-0.05, 0) is 6.42 Å². The van der Waals surface area contributed by atoms with Crippen molar-refractivity contribution in [1.29, 1.82) is 0 Å². The van der Waals surface area contributed by atoms with Crippen LogP contribution in [0.2, 0.25) is 0 Å². The first-order valence-electron chi connectivity index (χ1n) is 10.6. The fourth-order valence-electron chi connectivity index (χ4n) is 4.74. The Balaban J connectivity index is 1.46. The van der Waals surface area contributed by atoms with Crippen LogP contribution in [-0.4, -0.2) is 71.7 Å². The molecular formula is C19H27N5O6. The first kappa shape index (κ1) is 19.9. The van der Waals surface area contributed by atoms with E-state index in [1.807, 2.05) is 0 Å². The highest BCUT2D eigenvalue weighted by Gasteiger charge is 2.50. The van der Waals surface area contributed by atoms with Gasteiger partial charge in [0.05, 0.1) is 25.1 Å². The SMILES string of the molecule is CCCCC[C@H]1O[C@H]2Nc3nc4c(ncn4[C@H]4C[C@H](O)[C@@H](CO)O4)c(=O)n3[C@H]2[C@H]1O. The molecule has 0 aromatic carbocycles. The van der Waals surface area contributed by atoms with Crippen molar-refractivity contribution in [3.8, 4) is 0 Å². The van der Waals surface area contributed by atoms with E-state index in [0.29, 0.717) is 11.6 Å². The smallest absolute Gasteiger partial charge is 0.283 e. The molecule has 0 unspecified atom stereocenters. The summed E-state index contributed by atoms with van der Waals surface area (Å²) in [5.41, 5.74) is 0.125. The Hall–Kier alpha value is -2.05. The normalized spacial score (nSPS) is 35.0. The molecule has 2 fully saturated rings. The van der Waals surface area contributed by atoms with Crippen molar-refractivity contribution < 1.29 is 24.8 Å². The van der Waals surface area contributed by atoms with E-state index in [2.05, 4.69) is 22.2 Å². The maximum Gasteiger partial charge on any atom is 0.283 e. The predicted molar refractivity (Wildman–Crippen MR) is 105 cm³/mol. The molecule has 4 N–H and O–H groups in total. The summed E-state index contributed by atoms with van der Waals surface area (Å²) >= 11 is 0. The van der Waals surface area contributed by atoms with Crippen LogP contribution in [0, 0.1) is 0 Å². The van der Waals surface area contributed by atoms with Gasteiger partial charge in [0.25, 0.3) is 5.56 Å². The van der Waals surface area contributed by atoms with E-state index in [0.717, 1.165) is 25.7 Å². The lowest BCUT2D eigenvalue weighted by Crippen LogP contribution is -2.33. The molecule has 0 radical (unpaired) electrons. The van der Waals surface area contributed by atoms with Crippen molar-refractivity contribution in [1.82, 2.24) is 19.1 Å². The third-order valence-electron chi connectivity index (χ3n) is 6.35. The Kier molecular flexibility index (Phi) is 5.02. The van der Waals surface area contributed by atoms with Crippen molar-refractivity contribution >= 4 is 17.1 Å². The topological polar surface area (TPSA) is 144 Å². The number of aliphatic hydroxyl groups excluding tert-OH is 3. The lowest BCUT2D eigenvalue weighted by atomic mass is 10.0. The lowest BCUT2D eigenvalue weighted by Gasteiger charge is -2.18. The number of nitrogens with one attached hydrogen (secondary N) is 1. The number of nitrogens with zero attached hydrogens (tertiary/aromatic N) is 4. The zero-order valence-electron chi connectivity index (χ0n) is 16.7. The number of aromatic nitrogens is 4. The Morgan fingerprint density at radius 3 is 2.83 bits per heavy atom. The molecule has 3 aliphatic heterocycles. The van der Waals surface area contributed by atoms with Gasteiger partial charge < -0.3 is 30.1 Å². The highest BCUT2D eigenvalue weighted by molar-refractivity contribution is 5.72. The standard InChI is InChI=1S/C19H27N5O6/c1-2-3-4-5-10-15(27)14-17(30-10)22-19-21-16-13(18(28)24(14)19)20-8-23(16)12-6-9(26)11(7-25)29-12/h8-12,14-15,17,25-27H,2-7H2,1H3,(H,21,22)/t9-,10+,11+,12+,14-,15-,17+/m0/s1. The van der Waals surface area contributed by atoms with Crippen LogP contribution in [0.1, 0.15) is 51.3 Å². The number of rotatable bonds is 6. The molecule has 0 spiro atoms. The van der Waals surface area contributed by atoms with Crippen LogP contribution < -0.4 is 10.9 Å². The molecule has 30 heavy (non-hydrogen) atoms. The Morgan fingerprint density at radius 2 is 2.10 bits per heavy atom. The summed E-state index contributed by atoms with van der Waals surface area (Å²) < 4.78 is 14.7. The van der Waals surface area contributed by atoms with Crippen LogP contribution in [-0.2, 0) is 9.47 Å². The van der Waals surface area contributed by atoms with Gasteiger partial charge in [0, 0.05) is 6.42 Å². The summed E-state index contributed by atoms with van der Waals surface area (Å²) in [6.07, 6.45) is 1.85. The minimum absolute atomic E-state index is 0.161. The molecule has 7 atom stereocenters. The van der Waals surface area contributed by atoms with Crippen LogP contribution in [0.25, 0.3) is 11.2 Å². The first-order chi connectivity index (χ1) is 14.5. The van der Waals surface area contributed by atoms with Gasteiger partial charge >= 0.3 is 0 Å². The summed E-state index contributed by atoms with van der Waals surface area (Å²) in [6.45, 7) is 1.82. The summed E-state index contributed by atoms with van der Waals surface area (Å²) in [4.78, 5) is 22.0. The van der Waals surface area contributed by atoms with E-state index in [-0.39, 0.29) is 30.2 Å². The fourth-order valence-corrected chi connectivity index (χ4v) is 4.74. The zero-order valence-corrected chi connectivity index (χ0v) is 16.7. The zero-order chi connectivity index (χ0) is 21.0. The van der Waals surface area contributed by atoms with Crippen LogP contribution in [0.4, 0.5) is 5.95 Å². The van der Waals surface area contributed by atoms with E-state index < -0.39 is 36.8 Å². The van der Waals surface area contributed by atoms with Gasteiger partial charge in [0.15, 0.2) is 17.4 Å². The largest absolute Gasteiger partial charge is 0.394 e. The Bertz CT molecular complexity index is 992. The minimum atomic E-state index is -0.807. The van der Waals surface area contributed by atoms with Gasteiger partial charge in [-0.15, -0.1) is 0 Å². The maximum atomic E-state index is 13.2. The molecule has 2 saturated heterocycles. The molecular weight excluding hydrogens is 394 g/mol. The first-order valence-corrected chi connectivity index (χ1v) is 10.6. The molecule has 2 aromatic heterocycles. The van der Waals surface area contributed by atoms with Crippen LogP contribution >= 0.6 is 0 Å². The second-order valence-electron chi connectivity index (χ2n) is 8.27. The summed E-state index contributed by atoms with van der Waals surface area (Å²) in [7, 11) is 0. The quantitative estimate of drug-likeness (QED) is 0.469. The molecule has 0 amide bonds. The van der Waals surface area contributed by atoms with Crippen LogP contribution in [0.5, 0.6) is 0 Å². The van der Waals surface area contributed by atoms with Gasteiger partial charge in [-0.1, -0.05) is 26.2 Å². The summed E-state index contributed by atoms with van der Waals surface area (Å²) in [6, 6.07) is -0.551. The van der Waals surface area contributed by atoms with Crippen molar-refractivity contribution in [2.45, 2.75) is 81.9 Å². The number of anilines is 1. The molecule has 0 aliphatic carbocycles. The number of hydrogen-bond acceptors (Lipinski definition) is 9. The fraction of sp³-hybridized carbons (Fsp3) is 0.737. The summed E-state index contributed by atoms with van der Waals surface area (Å²) in [5.74, 6) is 0.313. The number of hydrogen-bond donors (Lipinski definition) is 4. The number of fused-ring (bicyclic) bond motifs is 4. The second-order valence-corrected chi connectivity index (χ2v) is 8.27. The molecule has 3 aliphatic rings. The average Bonchev–Trinajstić information content (AvgIpc) is 3.46. The van der Waals surface area contributed by atoms with Crippen molar-refractivity contribution in [2.75, 3.05) is 11.9 Å². The van der Waals surface area contributed by atoms with E-state index in [4.69, 9.17) is 9.47 Å². The van der Waals surface area contributed by atoms with Gasteiger partial charge in [0.1, 0.15) is 24.5 Å². The van der Waals surface area contributed by atoms with Crippen LogP contribution in [0.15, 0.2) is 11.1 Å². The highest BCUT2D eigenvalue weighted by atomic mass is 16.5. The van der Waals surface area contributed by atoms with Crippen molar-refractivity contribution in [3.05, 3.63) is 16.7 Å². The number of unbranched alkanes of at least 4 members (excludes halogenated alkanes) is 2. The number of aliphatic hydroxyl groups is 3. The number of imidazole rings is 1. The molecule has 11 nitrogen and oxygen atoms in total. The third-order valence-corrected chi connectivity index (χ3v) is 6.35. The van der Waals surface area contributed by atoms with E-state index >= 15 is 0 Å². The lowest BCUT2D eigenvalue weighted by molar-refractivity contribution is -0.0432. The molecule has 5 rings (SSSR count). The Morgan fingerprint density at radius 1 is 1.27 bits per heavy atom. The minimum Gasteiger partial charge on any atom is -0.394 e. The maximum absolute atomic E-state index is 13.2. The van der Waals surface area contributed by atoms with Crippen molar-refractivity contribution in [3.63, 3.8) is 0 Å². The van der Waals surface area contributed by atoms with Gasteiger partial charge in [-0.2, -0.15) is 4.98 Å². The van der Waals surface area contributed by atoms with Crippen molar-refractivity contribution in [2.24, 2.45) is 0 Å². The predicted octanol–water partition coefficient (Wildman–Crippen LogP) is -0.134. The van der Waals surface area contributed by atoms with E-state index in [1.165, 1.54) is 10.9 Å². The average molecular weight is 421 g/mol. The highest BCUT2D eigenvalue weighted by Crippen LogP contribution is 2.39. The monoisotopic (exact) mass is 421 g/mol. The van der Waals surface area contributed by atoms with E-state index in [1.54, 1.807) is 4.57 Å². The molecule has 0 saturated carbocycles. The third kappa shape index (κ3) is 2.95. The molecule has 11 heteroatoms. The molecule has 0 bridgehead atoms. The second kappa shape index (κ2) is 7.57. The van der Waals surface area contributed by atoms with E-state index in [9.17, 15) is 20.1 Å².